The van der Waals surface area contributed by atoms with Crippen LogP contribution in [0.25, 0.3) is 0 Å². The Kier molecular flexibility index (Phi) is 5.39. The van der Waals surface area contributed by atoms with E-state index in [1.807, 2.05) is 0 Å². The van der Waals surface area contributed by atoms with E-state index in [1.54, 1.807) is 0 Å². The molecule has 0 spiro atoms. The van der Waals surface area contributed by atoms with Crippen molar-refractivity contribution in [3.8, 4) is 0 Å². The molecule has 0 atom stereocenters. The Morgan fingerprint density at radius 1 is 1.57 bits per heavy atom. The maximum Gasteiger partial charge on any atom is 0.485 e. The van der Waals surface area contributed by atoms with Gasteiger partial charge in [-0.15, -0.1) is 0 Å². The van der Waals surface area contributed by atoms with Gasteiger partial charge in [-0.05, 0) is 0 Å². The molecule has 0 aromatic heterocycles. The van der Waals surface area contributed by atoms with Crippen molar-refractivity contribution in [1.29, 1.82) is 0 Å². The second kappa shape index (κ2) is 3.57. The molecule has 46 valence electrons. The summed E-state index contributed by atoms with van der Waals surface area (Å²) in [6, 6.07) is 0. The van der Waals surface area contributed by atoms with Crippen molar-refractivity contribution in [1.82, 2.24) is 0 Å². The molecule has 0 aliphatic rings. The van der Waals surface area contributed by atoms with Crippen molar-refractivity contribution >= 4 is 7.82 Å². The molecule has 0 rings (SSSR count). The van der Waals surface area contributed by atoms with Crippen molar-refractivity contribution in [2.24, 2.45) is 5.90 Å². The fourth-order valence-corrected chi connectivity index (χ4v) is 0. The van der Waals surface area contributed by atoms with E-state index in [0.29, 0.717) is 0 Å². The van der Waals surface area contributed by atoms with E-state index >= 15 is 0 Å². The van der Waals surface area contributed by atoms with Gasteiger partial charge in [0.25, 0.3) is 0 Å². The van der Waals surface area contributed by atoms with Crippen LogP contribution in [0, 0.1) is 0 Å². The molecule has 0 saturated heterocycles. The van der Waals surface area contributed by atoms with Gasteiger partial charge in [0.1, 0.15) is 0 Å². The SMILES string of the molecule is NOP(=O)(O)O.[Fe]. The molecule has 0 aromatic carbocycles. The summed E-state index contributed by atoms with van der Waals surface area (Å²) in [5.74, 6) is 4.04. The van der Waals surface area contributed by atoms with Crippen molar-refractivity contribution in [3.63, 3.8) is 0 Å². The van der Waals surface area contributed by atoms with E-state index in [0.717, 1.165) is 0 Å². The van der Waals surface area contributed by atoms with Gasteiger partial charge in [-0.25, -0.2) is 15.1 Å². The predicted octanol–water partition coefficient (Wildman–Crippen LogP) is -1.03. The number of rotatable bonds is 1. The number of hydrogen-bond acceptors (Lipinski definition) is 3. The zero-order valence-corrected chi connectivity index (χ0v) is 5.09. The topological polar surface area (TPSA) is 92.8 Å². The fraction of sp³-hybridized carbons (Fsp3) is 0. The first-order valence-electron chi connectivity index (χ1n) is 1.00. The minimum Gasteiger partial charge on any atom is -0.302 e. The first-order valence-corrected chi connectivity index (χ1v) is 2.53. The normalized spacial score (nSPS) is 10.1. The van der Waals surface area contributed by atoms with Crippen molar-refractivity contribution in [2.75, 3.05) is 0 Å². The predicted molar refractivity (Wildman–Crippen MR) is 17.3 cm³/mol. The van der Waals surface area contributed by atoms with Gasteiger partial charge in [-0.1, -0.05) is 0 Å². The van der Waals surface area contributed by atoms with Crippen LogP contribution in [0.2, 0.25) is 0 Å². The van der Waals surface area contributed by atoms with E-state index in [-0.39, 0.29) is 17.1 Å². The van der Waals surface area contributed by atoms with E-state index in [2.05, 4.69) is 10.5 Å². The molecule has 4 N–H and O–H groups in total. The van der Waals surface area contributed by atoms with Gasteiger partial charge < -0.3 is 9.79 Å². The summed E-state index contributed by atoms with van der Waals surface area (Å²) >= 11 is 0. The van der Waals surface area contributed by atoms with Gasteiger partial charge in [-0.3, -0.25) is 0 Å². The minimum atomic E-state index is -4.37. The van der Waals surface area contributed by atoms with Gasteiger partial charge in [0.15, 0.2) is 0 Å². The van der Waals surface area contributed by atoms with Crippen LogP contribution in [0.4, 0.5) is 0 Å². The van der Waals surface area contributed by atoms with Crippen LogP contribution in [0.15, 0.2) is 0 Å². The monoisotopic (exact) mass is 169 g/mol. The van der Waals surface area contributed by atoms with Crippen LogP contribution >= 0.6 is 7.82 Å². The second-order valence-corrected chi connectivity index (χ2v) is 1.79. The molecule has 7 heavy (non-hydrogen) atoms. The summed E-state index contributed by atoms with van der Waals surface area (Å²) in [4.78, 5) is 15.2. The second-order valence-electron chi connectivity index (χ2n) is 0.596. The van der Waals surface area contributed by atoms with Crippen LogP contribution in [0.3, 0.4) is 0 Å². The summed E-state index contributed by atoms with van der Waals surface area (Å²) < 4.78 is 12.5. The molecule has 0 fully saturated rings. The van der Waals surface area contributed by atoms with E-state index in [1.165, 1.54) is 0 Å². The van der Waals surface area contributed by atoms with E-state index in [4.69, 9.17) is 9.79 Å². The van der Waals surface area contributed by atoms with E-state index < -0.39 is 7.82 Å². The standard InChI is InChI=1S/Fe.H4NO4P/c;1-5-6(2,3)4/h;1H2,(H2,2,3,4). The number of nitrogens with two attached hydrogens (primary N) is 1. The quantitative estimate of drug-likeness (QED) is 0.265. The minimum absolute atomic E-state index is 0. The summed E-state index contributed by atoms with van der Waals surface area (Å²) in [6.45, 7) is 0. The average molecular weight is 169 g/mol. The van der Waals surface area contributed by atoms with Crippen molar-refractivity contribution < 1.29 is 36.0 Å². The van der Waals surface area contributed by atoms with Crippen LogP contribution in [0.5, 0.6) is 0 Å². The number of phosphoric acid groups is 1. The summed E-state index contributed by atoms with van der Waals surface area (Å²) in [5, 5.41) is 0. The molecule has 5 nitrogen and oxygen atoms in total. The Hall–Kier alpha value is 0.589. The summed E-state index contributed by atoms with van der Waals surface area (Å²) in [6.07, 6.45) is 0. The third kappa shape index (κ3) is 10.8. The molecule has 0 aliphatic carbocycles. The molecule has 7 heteroatoms. The zero-order valence-electron chi connectivity index (χ0n) is 3.09. The van der Waals surface area contributed by atoms with Gasteiger partial charge in [0.2, 0.25) is 0 Å². The first kappa shape index (κ1) is 10.5. The van der Waals surface area contributed by atoms with Crippen LogP contribution in [0.1, 0.15) is 0 Å². The van der Waals surface area contributed by atoms with Gasteiger partial charge >= 0.3 is 7.82 Å². The van der Waals surface area contributed by atoms with Crippen molar-refractivity contribution in [2.45, 2.75) is 0 Å². The maximum atomic E-state index is 9.35. The maximum absolute atomic E-state index is 9.35. The van der Waals surface area contributed by atoms with Gasteiger partial charge in [0, 0.05) is 17.1 Å². The molecule has 0 aromatic rings. The van der Waals surface area contributed by atoms with Crippen LogP contribution < -0.4 is 5.90 Å². The molecule has 0 amide bonds. The molecule has 0 unspecified atom stereocenters. The molecular formula is H4FeNO4P. The van der Waals surface area contributed by atoms with Crippen LogP contribution in [-0.4, -0.2) is 9.79 Å². The molecule has 0 saturated carbocycles. The molecule has 0 aliphatic heterocycles. The number of hydrogen-bond donors (Lipinski definition) is 3. The largest absolute Gasteiger partial charge is 0.485 e. The third-order valence-electron chi connectivity index (χ3n) is 0.137. The molecular weight excluding hydrogens is 165 g/mol. The average Bonchev–Trinajstić information content (AvgIpc) is 1.35. The zero-order chi connectivity index (χ0) is 5.21. The van der Waals surface area contributed by atoms with Crippen molar-refractivity contribution in [3.05, 3.63) is 0 Å². The Morgan fingerprint density at radius 3 is 1.71 bits per heavy atom. The Balaban J connectivity index is 0. The summed E-state index contributed by atoms with van der Waals surface area (Å²) in [5.41, 5.74) is 0. The fourth-order valence-electron chi connectivity index (χ4n) is 0. The van der Waals surface area contributed by atoms with Gasteiger partial charge in [0.05, 0.1) is 0 Å². The molecule has 0 radical (unpaired) electrons. The molecule has 0 heterocycles. The smallest absolute Gasteiger partial charge is 0.302 e. The first-order chi connectivity index (χ1) is 2.56. The van der Waals surface area contributed by atoms with Gasteiger partial charge in [-0.2, -0.15) is 0 Å². The Labute approximate surface area is 50.5 Å². The molecule has 0 bridgehead atoms. The summed E-state index contributed by atoms with van der Waals surface area (Å²) in [7, 11) is -4.37. The van der Waals surface area contributed by atoms with E-state index in [9.17, 15) is 4.57 Å². The Morgan fingerprint density at radius 2 is 1.71 bits per heavy atom. The van der Waals surface area contributed by atoms with Crippen LogP contribution in [-0.2, 0) is 26.3 Å². The Bertz CT molecular complexity index is 75.8. The third-order valence-corrected chi connectivity index (χ3v) is 0.412.